The zero-order valence-electron chi connectivity index (χ0n) is 7.75. The van der Waals surface area contributed by atoms with Crippen molar-refractivity contribution < 1.29 is 0 Å². The lowest BCUT2D eigenvalue weighted by Gasteiger charge is -2.11. The highest BCUT2D eigenvalue weighted by molar-refractivity contribution is 5.63. The molecule has 0 aromatic heterocycles. The van der Waals surface area contributed by atoms with Crippen molar-refractivity contribution in [3.63, 3.8) is 0 Å². The van der Waals surface area contributed by atoms with Crippen molar-refractivity contribution in [2.45, 2.75) is 20.3 Å². The molecule has 0 aliphatic rings. The Morgan fingerprint density at radius 1 is 1.33 bits per heavy atom. The molecule has 0 nitrogen and oxygen atoms in total. The first kappa shape index (κ1) is 9.05. The van der Waals surface area contributed by atoms with E-state index in [1.807, 2.05) is 18.2 Å². The molecule has 0 saturated carbocycles. The molecule has 1 aromatic carbocycles. The van der Waals surface area contributed by atoms with E-state index in [0.29, 0.717) is 5.92 Å². The standard InChI is InChI=1S/C12H15/c1-4-10(2)11(3)12-8-6-5-7-9-12/h3,5-10H,4H2,1-2H3. The summed E-state index contributed by atoms with van der Waals surface area (Å²) in [7, 11) is 0. The van der Waals surface area contributed by atoms with Crippen molar-refractivity contribution in [1.29, 1.82) is 0 Å². The molecule has 0 bridgehead atoms. The van der Waals surface area contributed by atoms with E-state index in [1.54, 1.807) is 0 Å². The van der Waals surface area contributed by atoms with Gasteiger partial charge in [0.1, 0.15) is 0 Å². The number of benzene rings is 1. The van der Waals surface area contributed by atoms with E-state index in [1.165, 1.54) is 0 Å². The van der Waals surface area contributed by atoms with Crippen LogP contribution >= 0.6 is 0 Å². The highest BCUT2D eigenvalue weighted by atomic mass is 14.1. The van der Waals surface area contributed by atoms with Gasteiger partial charge < -0.3 is 0 Å². The highest BCUT2D eigenvalue weighted by Gasteiger charge is 2.05. The second-order valence-corrected chi connectivity index (χ2v) is 3.13. The summed E-state index contributed by atoms with van der Waals surface area (Å²) in [5.74, 6) is 0.479. The molecule has 0 fully saturated rings. The monoisotopic (exact) mass is 159 g/mol. The lowest BCUT2D eigenvalue weighted by molar-refractivity contribution is 0.718. The van der Waals surface area contributed by atoms with E-state index in [0.717, 1.165) is 17.6 Å². The summed E-state index contributed by atoms with van der Waals surface area (Å²) >= 11 is 0. The summed E-state index contributed by atoms with van der Waals surface area (Å²) in [6.45, 7) is 10.3. The fourth-order valence-corrected chi connectivity index (χ4v) is 1.14. The zero-order valence-corrected chi connectivity index (χ0v) is 7.75. The van der Waals surface area contributed by atoms with Gasteiger partial charge in [-0.1, -0.05) is 50.8 Å². The van der Waals surface area contributed by atoms with Crippen molar-refractivity contribution >= 4 is 5.57 Å². The molecule has 1 aromatic rings. The van der Waals surface area contributed by atoms with E-state index in [4.69, 9.17) is 6.58 Å². The summed E-state index contributed by atoms with van der Waals surface area (Å²) < 4.78 is 0. The van der Waals surface area contributed by atoms with Gasteiger partial charge in [-0.05, 0) is 23.5 Å². The van der Waals surface area contributed by atoms with Gasteiger partial charge in [-0.2, -0.15) is 0 Å². The van der Waals surface area contributed by atoms with E-state index in [-0.39, 0.29) is 0 Å². The molecule has 0 amide bonds. The van der Waals surface area contributed by atoms with Crippen molar-refractivity contribution in [3.8, 4) is 0 Å². The predicted octanol–water partition coefficient (Wildman–Crippen LogP) is 3.55. The van der Waals surface area contributed by atoms with Gasteiger partial charge in [-0.25, -0.2) is 0 Å². The second kappa shape index (κ2) is 4.10. The van der Waals surface area contributed by atoms with Crippen LogP contribution in [0.2, 0.25) is 0 Å². The number of allylic oxidation sites excluding steroid dienone is 1. The zero-order chi connectivity index (χ0) is 8.97. The van der Waals surface area contributed by atoms with Gasteiger partial charge >= 0.3 is 0 Å². The maximum atomic E-state index is 5.97. The maximum absolute atomic E-state index is 5.97. The van der Waals surface area contributed by atoms with Crippen molar-refractivity contribution in [3.05, 3.63) is 42.5 Å². The van der Waals surface area contributed by atoms with Crippen molar-refractivity contribution in [1.82, 2.24) is 0 Å². The molecule has 1 radical (unpaired) electrons. The number of hydrogen-bond acceptors (Lipinski definition) is 0. The summed E-state index contributed by atoms with van der Waals surface area (Å²) in [4.78, 5) is 0. The fourth-order valence-electron chi connectivity index (χ4n) is 1.14. The number of hydrogen-bond donors (Lipinski definition) is 0. The van der Waals surface area contributed by atoms with Crippen LogP contribution in [0, 0.1) is 12.5 Å². The minimum absolute atomic E-state index is 0.479. The third-order valence-corrected chi connectivity index (χ3v) is 2.25. The van der Waals surface area contributed by atoms with E-state index in [2.05, 4.69) is 26.0 Å². The minimum atomic E-state index is 0.479. The topological polar surface area (TPSA) is 0 Å². The Hall–Kier alpha value is -1.04. The number of rotatable bonds is 3. The van der Waals surface area contributed by atoms with Crippen molar-refractivity contribution in [2.24, 2.45) is 5.92 Å². The molecule has 0 spiro atoms. The smallest absolute Gasteiger partial charge is 0.0187 e. The van der Waals surface area contributed by atoms with Crippen LogP contribution in [0.15, 0.2) is 30.3 Å². The average Bonchev–Trinajstić information content (AvgIpc) is 2.17. The molecule has 0 N–H and O–H groups in total. The molecule has 0 aliphatic heterocycles. The Labute approximate surface area is 74.9 Å². The second-order valence-electron chi connectivity index (χ2n) is 3.13. The minimum Gasteiger partial charge on any atom is -0.0648 e. The third kappa shape index (κ3) is 1.97. The SMILES string of the molecule is [CH]=C(c1ccccc1)C(C)CC. The average molecular weight is 159 g/mol. The van der Waals surface area contributed by atoms with Gasteiger partial charge in [0.2, 0.25) is 0 Å². The third-order valence-electron chi connectivity index (χ3n) is 2.25. The van der Waals surface area contributed by atoms with Crippen LogP contribution in [-0.2, 0) is 0 Å². The van der Waals surface area contributed by atoms with Gasteiger partial charge in [0, 0.05) is 0 Å². The van der Waals surface area contributed by atoms with Gasteiger partial charge in [0.25, 0.3) is 0 Å². The van der Waals surface area contributed by atoms with Crippen LogP contribution in [0.3, 0.4) is 0 Å². The van der Waals surface area contributed by atoms with Gasteiger partial charge in [0.05, 0.1) is 0 Å². The van der Waals surface area contributed by atoms with Gasteiger partial charge in [-0.3, -0.25) is 0 Å². The van der Waals surface area contributed by atoms with Gasteiger partial charge in [0.15, 0.2) is 0 Å². The molecule has 1 rings (SSSR count). The summed E-state index contributed by atoms with van der Waals surface area (Å²) in [6.07, 6.45) is 1.10. The first-order valence-electron chi connectivity index (χ1n) is 4.43. The van der Waals surface area contributed by atoms with Crippen LogP contribution in [0.1, 0.15) is 25.8 Å². The van der Waals surface area contributed by atoms with Crippen LogP contribution in [0.5, 0.6) is 0 Å². The van der Waals surface area contributed by atoms with E-state index < -0.39 is 0 Å². The normalized spacial score (nSPS) is 12.5. The Balaban J connectivity index is 2.79. The van der Waals surface area contributed by atoms with Crippen LogP contribution in [0.4, 0.5) is 0 Å². The lowest BCUT2D eigenvalue weighted by atomic mass is 9.94. The van der Waals surface area contributed by atoms with Crippen molar-refractivity contribution in [2.75, 3.05) is 0 Å². The molecule has 1 unspecified atom stereocenters. The first-order chi connectivity index (χ1) is 5.75. The quantitative estimate of drug-likeness (QED) is 0.632. The van der Waals surface area contributed by atoms with E-state index >= 15 is 0 Å². The summed E-state index contributed by atoms with van der Waals surface area (Å²) in [5, 5.41) is 0. The fraction of sp³-hybridized carbons (Fsp3) is 0.333. The molecule has 1 atom stereocenters. The predicted molar refractivity (Wildman–Crippen MR) is 53.6 cm³/mol. The van der Waals surface area contributed by atoms with Crippen LogP contribution in [0.25, 0.3) is 5.57 Å². The Kier molecular flexibility index (Phi) is 3.09. The van der Waals surface area contributed by atoms with Gasteiger partial charge in [-0.15, -0.1) is 0 Å². The lowest BCUT2D eigenvalue weighted by Crippen LogP contribution is -1.95. The molecular formula is C12H15. The Morgan fingerprint density at radius 3 is 2.42 bits per heavy atom. The highest BCUT2D eigenvalue weighted by Crippen LogP contribution is 2.22. The van der Waals surface area contributed by atoms with Crippen LogP contribution in [-0.4, -0.2) is 0 Å². The molecule has 0 heteroatoms. The first-order valence-corrected chi connectivity index (χ1v) is 4.43. The molecular weight excluding hydrogens is 144 g/mol. The molecule has 63 valence electrons. The Bertz CT molecular complexity index is 246. The molecule has 0 heterocycles. The molecule has 0 saturated heterocycles. The van der Waals surface area contributed by atoms with Crippen LogP contribution < -0.4 is 0 Å². The summed E-state index contributed by atoms with van der Waals surface area (Å²) in [6, 6.07) is 10.2. The summed E-state index contributed by atoms with van der Waals surface area (Å²) in [5.41, 5.74) is 2.16. The molecule has 12 heavy (non-hydrogen) atoms. The van der Waals surface area contributed by atoms with E-state index in [9.17, 15) is 0 Å². The largest absolute Gasteiger partial charge is 0.0648 e. The Morgan fingerprint density at radius 2 is 1.92 bits per heavy atom. The maximum Gasteiger partial charge on any atom is -0.0187 e. The molecule has 0 aliphatic carbocycles.